The van der Waals surface area contributed by atoms with Crippen LogP contribution in [-0.2, 0) is 14.3 Å². The lowest BCUT2D eigenvalue weighted by atomic mass is 10.1. The van der Waals surface area contributed by atoms with Gasteiger partial charge in [-0.1, -0.05) is 12.8 Å². The zero-order chi connectivity index (χ0) is 14.2. The molecule has 3 heteroatoms. The number of hydrogen-bond donors (Lipinski definition) is 0. The van der Waals surface area contributed by atoms with Crippen LogP contribution in [0.3, 0.4) is 0 Å². The third-order valence-electron chi connectivity index (χ3n) is 3.02. The summed E-state index contributed by atoms with van der Waals surface area (Å²) in [5.41, 5.74) is 0. The van der Waals surface area contributed by atoms with E-state index in [2.05, 4.69) is 11.8 Å². The highest BCUT2D eigenvalue weighted by molar-refractivity contribution is 5.48. The molecule has 0 bridgehead atoms. The van der Waals surface area contributed by atoms with E-state index in [0.717, 1.165) is 57.7 Å². The van der Waals surface area contributed by atoms with E-state index in [0.29, 0.717) is 6.42 Å². The lowest BCUT2D eigenvalue weighted by Crippen LogP contribution is -2.12. The maximum absolute atomic E-state index is 10.1. The molecule has 0 rings (SSSR count). The molecule has 0 fully saturated rings. The largest absolute Gasteiger partial charge is 0.356 e. The van der Waals surface area contributed by atoms with Crippen LogP contribution in [0.15, 0.2) is 0 Å². The molecule has 0 aliphatic heterocycles. The summed E-state index contributed by atoms with van der Waals surface area (Å²) in [5.74, 6) is 6.41. The average molecular weight is 268 g/mol. The molecular weight excluding hydrogens is 240 g/mol. The van der Waals surface area contributed by atoms with E-state index in [1.807, 2.05) is 0 Å². The van der Waals surface area contributed by atoms with Crippen molar-refractivity contribution in [1.82, 2.24) is 0 Å². The van der Waals surface area contributed by atoms with Crippen molar-refractivity contribution >= 4 is 6.29 Å². The lowest BCUT2D eigenvalue weighted by molar-refractivity contribution is -0.108. The molecule has 110 valence electrons. The van der Waals surface area contributed by atoms with Crippen LogP contribution >= 0.6 is 0 Å². The minimum Gasteiger partial charge on any atom is -0.356 e. The topological polar surface area (TPSA) is 35.5 Å². The predicted molar refractivity (Wildman–Crippen MR) is 77.8 cm³/mol. The SMILES string of the molecule is COC(CCCCCC#CCCCCCC=O)OC. The Bertz CT molecular complexity index is 248. The molecule has 0 aliphatic carbocycles. The molecule has 0 saturated heterocycles. The van der Waals surface area contributed by atoms with Crippen molar-refractivity contribution in [3.05, 3.63) is 0 Å². The Morgan fingerprint density at radius 2 is 1.47 bits per heavy atom. The second-order valence-electron chi connectivity index (χ2n) is 4.62. The van der Waals surface area contributed by atoms with Gasteiger partial charge in [-0.3, -0.25) is 0 Å². The Morgan fingerprint density at radius 3 is 2.00 bits per heavy atom. The van der Waals surface area contributed by atoms with Crippen molar-refractivity contribution in [1.29, 1.82) is 0 Å². The van der Waals surface area contributed by atoms with Crippen LogP contribution in [0.5, 0.6) is 0 Å². The number of aldehydes is 1. The number of rotatable bonds is 12. The summed E-state index contributed by atoms with van der Waals surface area (Å²) in [6.07, 6.45) is 11.2. The van der Waals surface area contributed by atoms with Crippen LogP contribution in [0.2, 0.25) is 0 Å². The van der Waals surface area contributed by atoms with Gasteiger partial charge < -0.3 is 14.3 Å². The highest BCUT2D eigenvalue weighted by atomic mass is 16.7. The molecule has 0 aromatic carbocycles. The Labute approximate surface area is 118 Å². The molecule has 0 spiro atoms. The van der Waals surface area contributed by atoms with Gasteiger partial charge in [-0.15, -0.1) is 11.8 Å². The molecule has 0 unspecified atom stereocenters. The molecule has 0 aromatic heterocycles. The maximum Gasteiger partial charge on any atom is 0.156 e. The molecule has 0 atom stereocenters. The molecule has 0 aromatic rings. The zero-order valence-corrected chi connectivity index (χ0v) is 12.5. The smallest absolute Gasteiger partial charge is 0.156 e. The Hall–Kier alpha value is -0.850. The molecule has 0 N–H and O–H groups in total. The minimum absolute atomic E-state index is 0.0579. The standard InChI is InChI=1S/C16H28O3/c1-18-16(19-2)14-12-10-8-6-4-3-5-7-9-11-13-15-17/h15-16H,5-14H2,1-2H3. The molecular formula is C16H28O3. The van der Waals surface area contributed by atoms with Gasteiger partial charge in [0.25, 0.3) is 0 Å². The molecule has 19 heavy (non-hydrogen) atoms. The van der Waals surface area contributed by atoms with Gasteiger partial charge in [-0.05, 0) is 32.1 Å². The first-order chi connectivity index (χ1) is 9.35. The third kappa shape index (κ3) is 13.4. The fourth-order valence-corrected chi connectivity index (χ4v) is 1.83. The van der Waals surface area contributed by atoms with E-state index < -0.39 is 0 Å². The van der Waals surface area contributed by atoms with Crippen molar-refractivity contribution in [2.45, 2.75) is 70.5 Å². The van der Waals surface area contributed by atoms with Crippen LogP contribution in [0.4, 0.5) is 0 Å². The number of methoxy groups -OCH3 is 2. The normalized spacial score (nSPS) is 10.3. The van der Waals surface area contributed by atoms with E-state index in [1.165, 1.54) is 6.42 Å². The summed E-state index contributed by atoms with van der Waals surface area (Å²) in [6.45, 7) is 0. The quantitative estimate of drug-likeness (QED) is 0.234. The number of carbonyl (C=O) groups excluding carboxylic acids is 1. The van der Waals surface area contributed by atoms with Crippen molar-refractivity contribution < 1.29 is 14.3 Å². The molecule has 0 amide bonds. The van der Waals surface area contributed by atoms with Crippen LogP contribution in [-0.4, -0.2) is 26.8 Å². The van der Waals surface area contributed by atoms with Crippen molar-refractivity contribution in [3.8, 4) is 11.8 Å². The second kappa shape index (κ2) is 15.2. The van der Waals surface area contributed by atoms with Crippen LogP contribution in [0.25, 0.3) is 0 Å². The van der Waals surface area contributed by atoms with Crippen LogP contribution < -0.4 is 0 Å². The predicted octanol–water partition coefficient (Wildman–Crippen LogP) is 3.71. The second-order valence-corrected chi connectivity index (χ2v) is 4.62. The van der Waals surface area contributed by atoms with Gasteiger partial charge in [-0.25, -0.2) is 0 Å². The van der Waals surface area contributed by atoms with E-state index in [9.17, 15) is 4.79 Å². The van der Waals surface area contributed by atoms with E-state index in [-0.39, 0.29) is 6.29 Å². The lowest BCUT2D eigenvalue weighted by Gasteiger charge is -2.12. The molecule has 0 heterocycles. The van der Waals surface area contributed by atoms with Gasteiger partial charge in [0, 0.05) is 33.5 Å². The Kier molecular flexibility index (Phi) is 14.5. The zero-order valence-electron chi connectivity index (χ0n) is 12.5. The van der Waals surface area contributed by atoms with Crippen LogP contribution in [0, 0.1) is 11.8 Å². The third-order valence-corrected chi connectivity index (χ3v) is 3.02. The minimum atomic E-state index is -0.0579. The molecule has 3 nitrogen and oxygen atoms in total. The molecule has 0 radical (unpaired) electrons. The number of unbranched alkanes of at least 4 members (excludes halogenated alkanes) is 7. The van der Waals surface area contributed by atoms with E-state index >= 15 is 0 Å². The van der Waals surface area contributed by atoms with Crippen molar-refractivity contribution in [2.24, 2.45) is 0 Å². The van der Waals surface area contributed by atoms with Gasteiger partial charge in [0.15, 0.2) is 6.29 Å². The first-order valence-electron chi connectivity index (χ1n) is 7.30. The highest BCUT2D eigenvalue weighted by Gasteiger charge is 2.02. The first-order valence-corrected chi connectivity index (χ1v) is 7.30. The van der Waals surface area contributed by atoms with Gasteiger partial charge in [0.2, 0.25) is 0 Å². The van der Waals surface area contributed by atoms with Gasteiger partial charge in [0.05, 0.1) is 0 Å². The summed E-state index contributed by atoms with van der Waals surface area (Å²) in [5, 5.41) is 0. The van der Waals surface area contributed by atoms with Crippen molar-refractivity contribution in [2.75, 3.05) is 14.2 Å². The summed E-state index contributed by atoms with van der Waals surface area (Å²) < 4.78 is 10.3. The fourth-order valence-electron chi connectivity index (χ4n) is 1.83. The summed E-state index contributed by atoms with van der Waals surface area (Å²) >= 11 is 0. The van der Waals surface area contributed by atoms with Crippen molar-refractivity contribution in [3.63, 3.8) is 0 Å². The highest BCUT2D eigenvalue weighted by Crippen LogP contribution is 2.08. The number of hydrogen-bond acceptors (Lipinski definition) is 3. The maximum atomic E-state index is 10.1. The first kappa shape index (κ1) is 18.1. The van der Waals surface area contributed by atoms with E-state index in [1.54, 1.807) is 14.2 Å². The van der Waals surface area contributed by atoms with E-state index in [4.69, 9.17) is 9.47 Å². The number of ether oxygens (including phenoxy) is 2. The Balaban J connectivity index is 3.23. The molecule has 0 aliphatic rings. The summed E-state index contributed by atoms with van der Waals surface area (Å²) in [4.78, 5) is 10.1. The average Bonchev–Trinajstić information content (AvgIpc) is 2.44. The summed E-state index contributed by atoms with van der Waals surface area (Å²) in [7, 11) is 3.35. The fraction of sp³-hybridized carbons (Fsp3) is 0.812. The monoisotopic (exact) mass is 268 g/mol. The van der Waals surface area contributed by atoms with Gasteiger partial charge in [-0.2, -0.15) is 0 Å². The number of carbonyl (C=O) groups is 1. The van der Waals surface area contributed by atoms with Gasteiger partial charge in [0.1, 0.15) is 6.29 Å². The molecule has 0 saturated carbocycles. The summed E-state index contributed by atoms with van der Waals surface area (Å²) in [6, 6.07) is 0. The Morgan fingerprint density at radius 1 is 0.895 bits per heavy atom. The van der Waals surface area contributed by atoms with Gasteiger partial charge >= 0.3 is 0 Å². The van der Waals surface area contributed by atoms with Crippen LogP contribution in [0.1, 0.15) is 64.2 Å².